The molecule has 3 N–H and O–H groups in total. The molecule has 2 rings (SSSR count). The van der Waals surface area contributed by atoms with Crippen LogP contribution >= 0.6 is 0 Å². The molecule has 1 aromatic heterocycles. The summed E-state index contributed by atoms with van der Waals surface area (Å²) in [6, 6.07) is 0.203. The molecule has 1 aliphatic heterocycles. The minimum Gasteiger partial charge on any atom is -0.317 e. The Labute approximate surface area is 113 Å². The van der Waals surface area contributed by atoms with Crippen molar-refractivity contribution in [3.8, 4) is 0 Å². The van der Waals surface area contributed by atoms with Gasteiger partial charge in [0.05, 0.1) is 17.9 Å². The maximum absolute atomic E-state index is 11.7. The molecule has 0 unspecified atom stereocenters. The molecule has 0 amide bonds. The maximum Gasteiger partial charge on any atom is 0.299 e. The van der Waals surface area contributed by atoms with Crippen LogP contribution < -0.4 is 14.8 Å². The molecular formula is C11H21N5O2S. The van der Waals surface area contributed by atoms with Gasteiger partial charge in [-0.1, -0.05) is 0 Å². The average Bonchev–Trinajstić information content (AvgIpc) is 2.76. The lowest BCUT2D eigenvalue weighted by Gasteiger charge is -2.22. The molecule has 0 aliphatic carbocycles. The van der Waals surface area contributed by atoms with E-state index in [1.807, 2.05) is 4.68 Å². The molecule has 0 radical (unpaired) electrons. The first-order valence-electron chi connectivity index (χ1n) is 6.51. The van der Waals surface area contributed by atoms with Crippen LogP contribution in [0.25, 0.3) is 0 Å². The molecule has 19 heavy (non-hydrogen) atoms. The fourth-order valence-corrected chi connectivity index (χ4v) is 3.25. The molecule has 108 valence electrons. The number of piperidine rings is 1. The minimum absolute atomic E-state index is 0.142. The molecule has 1 fully saturated rings. The highest BCUT2D eigenvalue weighted by Gasteiger charge is 2.17. The smallest absolute Gasteiger partial charge is 0.299 e. The molecule has 1 aromatic rings. The Morgan fingerprint density at radius 3 is 2.74 bits per heavy atom. The lowest BCUT2D eigenvalue weighted by atomic mass is 10.1. The summed E-state index contributed by atoms with van der Waals surface area (Å²) in [6.07, 6.45) is 5.31. The monoisotopic (exact) mass is 287 g/mol. The number of nitrogens with one attached hydrogen (secondary N) is 3. The summed E-state index contributed by atoms with van der Waals surface area (Å²) in [7, 11) is -3.52. The number of rotatable bonds is 5. The van der Waals surface area contributed by atoms with E-state index in [2.05, 4.69) is 19.9 Å². The third-order valence-corrected chi connectivity index (χ3v) is 4.21. The van der Waals surface area contributed by atoms with Crippen LogP contribution in [-0.4, -0.2) is 37.3 Å². The molecule has 2 heterocycles. The Balaban J connectivity index is 2.00. The predicted molar refractivity (Wildman–Crippen MR) is 74.2 cm³/mol. The fourth-order valence-electron chi connectivity index (χ4n) is 2.16. The first kappa shape index (κ1) is 14.3. The van der Waals surface area contributed by atoms with Crippen LogP contribution in [0.4, 0.5) is 5.69 Å². The third kappa shape index (κ3) is 4.19. The summed E-state index contributed by atoms with van der Waals surface area (Å²) in [4.78, 5) is 0. The van der Waals surface area contributed by atoms with Crippen molar-refractivity contribution in [2.75, 3.05) is 17.8 Å². The quantitative estimate of drug-likeness (QED) is 0.734. The molecule has 1 aliphatic rings. The van der Waals surface area contributed by atoms with Gasteiger partial charge in [-0.2, -0.15) is 18.2 Å². The van der Waals surface area contributed by atoms with Crippen molar-refractivity contribution in [3.05, 3.63) is 12.4 Å². The zero-order valence-electron chi connectivity index (χ0n) is 11.3. The SMILES string of the molecule is CC(C)NS(=O)(=O)Nc1cnn(C2CCNCC2)c1. The molecule has 1 saturated heterocycles. The van der Waals surface area contributed by atoms with Crippen LogP contribution in [0.15, 0.2) is 12.4 Å². The highest BCUT2D eigenvalue weighted by atomic mass is 32.2. The van der Waals surface area contributed by atoms with E-state index in [1.54, 1.807) is 26.2 Å². The van der Waals surface area contributed by atoms with Crippen molar-refractivity contribution in [1.82, 2.24) is 19.8 Å². The second-order valence-corrected chi connectivity index (χ2v) is 6.51. The molecule has 0 atom stereocenters. The summed E-state index contributed by atoms with van der Waals surface area (Å²) >= 11 is 0. The van der Waals surface area contributed by atoms with E-state index in [0.717, 1.165) is 25.9 Å². The van der Waals surface area contributed by atoms with Crippen LogP contribution in [0.3, 0.4) is 0 Å². The van der Waals surface area contributed by atoms with Gasteiger partial charge < -0.3 is 5.32 Å². The van der Waals surface area contributed by atoms with E-state index in [-0.39, 0.29) is 6.04 Å². The third-order valence-electron chi connectivity index (χ3n) is 2.93. The van der Waals surface area contributed by atoms with Gasteiger partial charge in [-0.05, 0) is 39.8 Å². The normalized spacial score (nSPS) is 17.8. The number of hydrogen-bond donors (Lipinski definition) is 3. The number of anilines is 1. The summed E-state index contributed by atoms with van der Waals surface area (Å²) in [5.74, 6) is 0. The Kier molecular flexibility index (Phi) is 4.43. The molecule has 0 spiro atoms. The highest BCUT2D eigenvalue weighted by Crippen LogP contribution is 2.19. The van der Waals surface area contributed by atoms with Gasteiger partial charge in [-0.3, -0.25) is 9.40 Å². The number of hydrogen-bond acceptors (Lipinski definition) is 4. The average molecular weight is 287 g/mol. The van der Waals surface area contributed by atoms with E-state index in [1.165, 1.54) is 0 Å². The van der Waals surface area contributed by atoms with Gasteiger partial charge in [0.15, 0.2) is 0 Å². The second kappa shape index (κ2) is 5.89. The standard InChI is InChI=1S/C11H21N5O2S/c1-9(2)14-19(17,18)15-10-7-13-16(8-10)11-3-5-12-6-4-11/h7-9,11-12,14-15H,3-6H2,1-2H3. The van der Waals surface area contributed by atoms with Gasteiger partial charge >= 0.3 is 0 Å². The van der Waals surface area contributed by atoms with Gasteiger partial charge in [-0.15, -0.1) is 0 Å². The van der Waals surface area contributed by atoms with Gasteiger partial charge in [0.1, 0.15) is 0 Å². The van der Waals surface area contributed by atoms with Gasteiger partial charge in [0.25, 0.3) is 10.2 Å². The topological polar surface area (TPSA) is 88.1 Å². The Hall–Kier alpha value is -1.12. The van der Waals surface area contributed by atoms with Crippen LogP contribution in [0.5, 0.6) is 0 Å². The molecule has 0 aromatic carbocycles. The van der Waals surface area contributed by atoms with E-state index in [4.69, 9.17) is 0 Å². The first-order valence-corrected chi connectivity index (χ1v) is 7.99. The number of aromatic nitrogens is 2. The molecule has 0 saturated carbocycles. The van der Waals surface area contributed by atoms with E-state index < -0.39 is 10.2 Å². The lowest BCUT2D eigenvalue weighted by Crippen LogP contribution is -2.35. The minimum atomic E-state index is -3.52. The van der Waals surface area contributed by atoms with Gasteiger partial charge in [0, 0.05) is 12.2 Å². The van der Waals surface area contributed by atoms with E-state index in [9.17, 15) is 8.42 Å². The summed E-state index contributed by atoms with van der Waals surface area (Å²) in [5, 5.41) is 7.53. The first-order chi connectivity index (χ1) is 8.96. The predicted octanol–water partition coefficient (Wildman–Crippen LogP) is 0.462. The molecule has 7 nitrogen and oxygen atoms in total. The summed E-state index contributed by atoms with van der Waals surface area (Å²) < 4.78 is 30.2. The lowest BCUT2D eigenvalue weighted by molar-refractivity contribution is 0.343. The van der Waals surface area contributed by atoms with Crippen molar-refractivity contribution in [1.29, 1.82) is 0 Å². The van der Waals surface area contributed by atoms with E-state index >= 15 is 0 Å². The van der Waals surface area contributed by atoms with Gasteiger partial charge in [-0.25, -0.2) is 0 Å². The zero-order valence-corrected chi connectivity index (χ0v) is 12.1. The maximum atomic E-state index is 11.7. The van der Waals surface area contributed by atoms with Crippen molar-refractivity contribution in [2.45, 2.75) is 38.8 Å². The fraction of sp³-hybridized carbons (Fsp3) is 0.727. The molecule has 8 heteroatoms. The zero-order chi connectivity index (χ0) is 13.9. The number of nitrogens with zero attached hydrogens (tertiary/aromatic N) is 2. The van der Waals surface area contributed by atoms with Crippen LogP contribution in [0, 0.1) is 0 Å². The Morgan fingerprint density at radius 1 is 1.42 bits per heavy atom. The molecular weight excluding hydrogens is 266 g/mol. The summed E-state index contributed by atoms with van der Waals surface area (Å²) in [5.41, 5.74) is 0.492. The second-order valence-electron chi connectivity index (χ2n) is 5.07. The largest absolute Gasteiger partial charge is 0.317 e. The van der Waals surface area contributed by atoms with Crippen molar-refractivity contribution in [3.63, 3.8) is 0 Å². The van der Waals surface area contributed by atoms with Crippen molar-refractivity contribution >= 4 is 15.9 Å². The van der Waals surface area contributed by atoms with Gasteiger partial charge in [0.2, 0.25) is 0 Å². The highest BCUT2D eigenvalue weighted by molar-refractivity contribution is 7.90. The molecule has 0 bridgehead atoms. The summed E-state index contributed by atoms with van der Waals surface area (Å²) in [6.45, 7) is 5.50. The van der Waals surface area contributed by atoms with Crippen LogP contribution in [0.2, 0.25) is 0 Å². The Bertz CT molecular complexity index is 505. The van der Waals surface area contributed by atoms with Crippen LogP contribution in [0.1, 0.15) is 32.7 Å². The Morgan fingerprint density at radius 2 is 2.11 bits per heavy atom. The van der Waals surface area contributed by atoms with Crippen molar-refractivity contribution in [2.24, 2.45) is 0 Å². The van der Waals surface area contributed by atoms with E-state index in [0.29, 0.717) is 11.7 Å². The van der Waals surface area contributed by atoms with Crippen molar-refractivity contribution < 1.29 is 8.42 Å². The van der Waals surface area contributed by atoms with Crippen LogP contribution in [-0.2, 0) is 10.2 Å².